The third-order valence-corrected chi connectivity index (χ3v) is 4.63. The van der Waals surface area contributed by atoms with E-state index in [1.807, 2.05) is 13.0 Å². The first kappa shape index (κ1) is 15.4. The number of hydrogen-bond donors (Lipinski definition) is 2. The summed E-state index contributed by atoms with van der Waals surface area (Å²) < 4.78 is 6.19. The Kier molecular flexibility index (Phi) is 5.54. The van der Waals surface area contributed by atoms with Crippen LogP contribution >= 0.6 is 27.3 Å². The molecule has 20 heavy (non-hydrogen) atoms. The molecule has 3 N–H and O–H groups in total. The Morgan fingerprint density at radius 3 is 2.80 bits per heavy atom. The molecule has 1 heterocycles. The number of ether oxygens (including phenoxy) is 1. The number of methoxy groups -OCH3 is 1. The number of hydrogen-bond acceptors (Lipinski definition) is 5. The molecule has 0 spiro atoms. The molecule has 2 aromatic rings. The molecular weight excluding hydrogens is 338 g/mol. The van der Waals surface area contributed by atoms with E-state index >= 15 is 0 Å². The van der Waals surface area contributed by atoms with Gasteiger partial charge in [-0.05, 0) is 47.0 Å². The molecule has 108 valence electrons. The Balaban J connectivity index is 2.04. The summed E-state index contributed by atoms with van der Waals surface area (Å²) in [5.74, 6) is 6.49. The molecule has 1 aromatic heterocycles. The number of rotatable bonds is 6. The van der Waals surface area contributed by atoms with Crippen molar-refractivity contribution in [1.82, 2.24) is 10.4 Å². The second kappa shape index (κ2) is 7.17. The molecule has 6 heteroatoms. The van der Waals surface area contributed by atoms with Crippen LogP contribution < -0.4 is 16.0 Å². The zero-order valence-electron chi connectivity index (χ0n) is 11.5. The van der Waals surface area contributed by atoms with Crippen LogP contribution in [0, 0.1) is 6.92 Å². The first-order valence-corrected chi connectivity index (χ1v) is 7.99. The zero-order chi connectivity index (χ0) is 14.5. The molecular formula is C14H18BrN3OS. The lowest BCUT2D eigenvalue weighted by atomic mass is 10.0. The number of nitrogens with one attached hydrogen (secondary N) is 1. The van der Waals surface area contributed by atoms with Gasteiger partial charge in [-0.1, -0.05) is 6.07 Å². The average Bonchev–Trinajstić information content (AvgIpc) is 2.83. The molecule has 0 fully saturated rings. The van der Waals surface area contributed by atoms with Crippen molar-refractivity contribution in [1.29, 1.82) is 0 Å². The zero-order valence-corrected chi connectivity index (χ0v) is 13.9. The maximum atomic E-state index is 5.66. The largest absolute Gasteiger partial charge is 0.496 e. The van der Waals surface area contributed by atoms with Gasteiger partial charge in [-0.15, -0.1) is 11.3 Å². The fourth-order valence-electron chi connectivity index (χ4n) is 2.02. The molecule has 0 amide bonds. The molecule has 0 aliphatic heterocycles. The van der Waals surface area contributed by atoms with Crippen molar-refractivity contribution < 1.29 is 4.74 Å². The monoisotopic (exact) mass is 355 g/mol. The highest BCUT2D eigenvalue weighted by atomic mass is 79.9. The van der Waals surface area contributed by atoms with Crippen LogP contribution in [0.1, 0.15) is 16.3 Å². The predicted molar refractivity (Wildman–Crippen MR) is 86.1 cm³/mol. The molecule has 0 radical (unpaired) electrons. The molecule has 0 saturated heterocycles. The van der Waals surface area contributed by atoms with E-state index in [4.69, 9.17) is 10.6 Å². The summed E-state index contributed by atoms with van der Waals surface area (Å²) in [6.07, 6.45) is 1.68. The lowest BCUT2D eigenvalue weighted by Crippen LogP contribution is -2.38. The summed E-state index contributed by atoms with van der Waals surface area (Å²) in [6.45, 7) is 2.01. The van der Waals surface area contributed by atoms with Crippen molar-refractivity contribution in [3.05, 3.63) is 44.3 Å². The van der Waals surface area contributed by atoms with Crippen molar-refractivity contribution in [2.75, 3.05) is 7.11 Å². The van der Waals surface area contributed by atoms with Crippen molar-refractivity contribution in [2.45, 2.75) is 25.8 Å². The van der Waals surface area contributed by atoms with Gasteiger partial charge in [0, 0.05) is 23.5 Å². The SMILES string of the molecule is COc1ccc(CC(Cc2nc(C)cs2)NN)cc1Br. The maximum Gasteiger partial charge on any atom is 0.133 e. The van der Waals surface area contributed by atoms with Gasteiger partial charge in [0.05, 0.1) is 16.6 Å². The van der Waals surface area contributed by atoms with Crippen LogP contribution in [-0.2, 0) is 12.8 Å². The van der Waals surface area contributed by atoms with Gasteiger partial charge in [-0.2, -0.15) is 0 Å². The number of nitrogens with two attached hydrogens (primary N) is 1. The summed E-state index contributed by atoms with van der Waals surface area (Å²) in [5, 5.41) is 3.17. The van der Waals surface area contributed by atoms with Crippen molar-refractivity contribution in [2.24, 2.45) is 5.84 Å². The molecule has 1 aromatic carbocycles. The molecule has 2 rings (SSSR count). The fraction of sp³-hybridized carbons (Fsp3) is 0.357. The van der Waals surface area contributed by atoms with Crippen molar-refractivity contribution in [3.8, 4) is 5.75 Å². The summed E-state index contributed by atoms with van der Waals surface area (Å²) in [7, 11) is 1.66. The third-order valence-electron chi connectivity index (χ3n) is 3.02. The summed E-state index contributed by atoms with van der Waals surface area (Å²) in [4.78, 5) is 4.48. The summed E-state index contributed by atoms with van der Waals surface area (Å²) in [5.41, 5.74) is 5.14. The highest BCUT2D eigenvalue weighted by molar-refractivity contribution is 9.10. The normalized spacial score (nSPS) is 12.4. The summed E-state index contributed by atoms with van der Waals surface area (Å²) >= 11 is 5.18. The highest BCUT2D eigenvalue weighted by Gasteiger charge is 2.12. The van der Waals surface area contributed by atoms with E-state index in [0.717, 1.165) is 33.8 Å². The van der Waals surface area contributed by atoms with E-state index in [-0.39, 0.29) is 6.04 Å². The Hall–Kier alpha value is -0.950. The molecule has 1 atom stereocenters. The van der Waals surface area contributed by atoms with E-state index in [1.54, 1.807) is 18.4 Å². The number of thiazole rings is 1. The molecule has 0 aliphatic rings. The Morgan fingerprint density at radius 2 is 2.25 bits per heavy atom. The second-order valence-corrected chi connectivity index (χ2v) is 6.42. The number of aryl methyl sites for hydroxylation is 1. The number of halogens is 1. The Labute approximate surface area is 131 Å². The highest BCUT2D eigenvalue weighted by Crippen LogP contribution is 2.26. The number of nitrogens with zero attached hydrogens (tertiary/aromatic N) is 1. The van der Waals surface area contributed by atoms with E-state index in [2.05, 4.69) is 43.9 Å². The summed E-state index contributed by atoms with van der Waals surface area (Å²) in [6, 6.07) is 6.25. The van der Waals surface area contributed by atoms with Gasteiger partial charge >= 0.3 is 0 Å². The molecule has 4 nitrogen and oxygen atoms in total. The Bertz CT molecular complexity index is 573. The van der Waals surface area contributed by atoms with Crippen LogP contribution in [0.25, 0.3) is 0 Å². The minimum Gasteiger partial charge on any atom is -0.496 e. The topological polar surface area (TPSA) is 60.2 Å². The minimum absolute atomic E-state index is 0.167. The smallest absolute Gasteiger partial charge is 0.133 e. The van der Waals surface area contributed by atoms with E-state index < -0.39 is 0 Å². The van der Waals surface area contributed by atoms with Crippen LogP contribution in [0.3, 0.4) is 0 Å². The second-order valence-electron chi connectivity index (χ2n) is 4.62. The lowest BCUT2D eigenvalue weighted by Gasteiger charge is -2.15. The fourth-order valence-corrected chi connectivity index (χ4v) is 3.46. The molecule has 1 unspecified atom stereocenters. The van der Waals surface area contributed by atoms with Crippen LogP contribution in [0.5, 0.6) is 5.75 Å². The average molecular weight is 356 g/mol. The van der Waals surface area contributed by atoms with Crippen molar-refractivity contribution in [3.63, 3.8) is 0 Å². The van der Waals surface area contributed by atoms with E-state index in [1.165, 1.54) is 5.56 Å². The predicted octanol–water partition coefficient (Wildman–Crippen LogP) is 2.84. The molecule has 0 bridgehead atoms. The van der Waals surface area contributed by atoms with Crippen LogP contribution in [0.15, 0.2) is 28.1 Å². The van der Waals surface area contributed by atoms with E-state index in [9.17, 15) is 0 Å². The number of hydrazine groups is 1. The minimum atomic E-state index is 0.167. The first-order valence-electron chi connectivity index (χ1n) is 6.32. The quantitative estimate of drug-likeness (QED) is 0.617. The maximum absolute atomic E-state index is 5.66. The van der Waals surface area contributed by atoms with Gasteiger partial charge in [-0.3, -0.25) is 11.3 Å². The van der Waals surface area contributed by atoms with Gasteiger partial charge in [0.25, 0.3) is 0 Å². The standard InChI is InChI=1S/C14H18BrN3OS/c1-9-8-20-14(17-9)7-11(18-16)5-10-3-4-13(19-2)12(15)6-10/h3-4,6,8,11,18H,5,7,16H2,1-2H3. The third kappa shape index (κ3) is 4.02. The van der Waals surface area contributed by atoms with Gasteiger partial charge in [0.15, 0.2) is 0 Å². The molecule has 0 saturated carbocycles. The van der Waals surface area contributed by atoms with Crippen LogP contribution in [-0.4, -0.2) is 18.1 Å². The number of benzene rings is 1. The lowest BCUT2D eigenvalue weighted by molar-refractivity contribution is 0.411. The van der Waals surface area contributed by atoms with E-state index in [0.29, 0.717) is 0 Å². The van der Waals surface area contributed by atoms with Crippen LogP contribution in [0.4, 0.5) is 0 Å². The van der Waals surface area contributed by atoms with Crippen molar-refractivity contribution >= 4 is 27.3 Å². The number of aromatic nitrogens is 1. The van der Waals surface area contributed by atoms with Crippen LogP contribution in [0.2, 0.25) is 0 Å². The van der Waals surface area contributed by atoms with Gasteiger partial charge in [0.2, 0.25) is 0 Å². The first-order chi connectivity index (χ1) is 9.62. The van der Waals surface area contributed by atoms with Gasteiger partial charge < -0.3 is 4.74 Å². The van der Waals surface area contributed by atoms with Gasteiger partial charge in [0.1, 0.15) is 5.75 Å². The Morgan fingerprint density at radius 1 is 1.45 bits per heavy atom. The molecule has 0 aliphatic carbocycles. The van der Waals surface area contributed by atoms with Gasteiger partial charge in [-0.25, -0.2) is 4.98 Å².